The fraction of sp³-hybridized carbons (Fsp3) is 0.474. The number of nitriles is 1. The molecular formula is C19H23N5O4S. The van der Waals surface area contributed by atoms with Gasteiger partial charge in [-0.3, -0.25) is 4.79 Å². The van der Waals surface area contributed by atoms with E-state index in [-0.39, 0.29) is 17.4 Å². The van der Waals surface area contributed by atoms with Crippen molar-refractivity contribution in [2.24, 2.45) is 5.92 Å². The maximum Gasteiger partial charge on any atom is 0.249 e. The molecule has 1 saturated carbocycles. The van der Waals surface area contributed by atoms with E-state index in [1.807, 2.05) is 19.9 Å². The average molecular weight is 417 g/mol. The number of nitrogens with one attached hydrogen (secondary N) is 1. The number of carbonyl (C=O) groups excluding carboxylic acids is 1. The van der Waals surface area contributed by atoms with Gasteiger partial charge in [-0.25, -0.2) is 8.42 Å². The maximum absolute atomic E-state index is 12.7. The summed E-state index contributed by atoms with van der Waals surface area (Å²) in [4.78, 5) is 16.9. The molecule has 29 heavy (non-hydrogen) atoms. The second-order valence-electron chi connectivity index (χ2n) is 7.45. The summed E-state index contributed by atoms with van der Waals surface area (Å²) in [6.45, 7) is 3.45. The number of aromatic nitrogens is 2. The van der Waals surface area contributed by atoms with Crippen molar-refractivity contribution in [3.05, 3.63) is 41.5 Å². The van der Waals surface area contributed by atoms with Crippen LogP contribution in [0, 0.1) is 17.2 Å². The van der Waals surface area contributed by atoms with Gasteiger partial charge in [-0.15, -0.1) is 0 Å². The molecule has 1 unspecified atom stereocenters. The Bertz CT molecular complexity index is 1020. The van der Waals surface area contributed by atoms with Crippen LogP contribution in [0.25, 0.3) is 0 Å². The van der Waals surface area contributed by atoms with Crippen LogP contribution in [-0.4, -0.2) is 42.4 Å². The van der Waals surface area contributed by atoms with E-state index in [4.69, 9.17) is 9.78 Å². The Balaban J connectivity index is 1.67. The molecule has 1 heterocycles. The molecule has 1 fully saturated rings. The van der Waals surface area contributed by atoms with Crippen molar-refractivity contribution in [2.45, 2.75) is 43.5 Å². The lowest BCUT2D eigenvalue weighted by Crippen LogP contribution is -2.41. The van der Waals surface area contributed by atoms with Gasteiger partial charge in [0.25, 0.3) is 0 Å². The zero-order chi connectivity index (χ0) is 21.2. The van der Waals surface area contributed by atoms with Crippen LogP contribution < -0.4 is 5.32 Å². The second kappa shape index (κ2) is 8.31. The van der Waals surface area contributed by atoms with Crippen LogP contribution >= 0.6 is 0 Å². The summed E-state index contributed by atoms with van der Waals surface area (Å²) >= 11 is 0. The molecule has 1 aliphatic carbocycles. The summed E-state index contributed by atoms with van der Waals surface area (Å²) in [5.74, 6) is 0.814. The normalized spacial score (nSPS) is 15.3. The lowest BCUT2D eigenvalue weighted by atomic mass is 10.0. The Morgan fingerprint density at radius 2 is 2.00 bits per heavy atom. The van der Waals surface area contributed by atoms with Crippen molar-refractivity contribution >= 4 is 15.9 Å². The van der Waals surface area contributed by atoms with Crippen molar-refractivity contribution < 1.29 is 17.7 Å². The summed E-state index contributed by atoms with van der Waals surface area (Å²) in [5, 5.41) is 15.6. The van der Waals surface area contributed by atoms with Crippen molar-refractivity contribution in [3.63, 3.8) is 0 Å². The number of carbonyl (C=O) groups is 1. The monoisotopic (exact) mass is 417 g/mol. The number of rotatable bonds is 8. The summed E-state index contributed by atoms with van der Waals surface area (Å²) in [6, 6.07) is 6.96. The molecule has 0 aliphatic heterocycles. The van der Waals surface area contributed by atoms with E-state index < -0.39 is 22.0 Å². The Kier molecular flexibility index (Phi) is 6.00. The van der Waals surface area contributed by atoms with Gasteiger partial charge in [-0.2, -0.15) is 14.6 Å². The molecule has 10 heteroatoms. The highest BCUT2D eigenvalue weighted by atomic mass is 32.2. The van der Waals surface area contributed by atoms with Crippen molar-refractivity contribution in [2.75, 3.05) is 13.6 Å². The highest BCUT2D eigenvalue weighted by Gasteiger charge is 2.32. The van der Waals surface area contributed by atoms with Crippen LogP contribution in [0.5, 0.6) is 0 Å². The van der Waals surface area contributed by atoms with Crippen molar-refractivity contribution in [3.8, 4) is 6.07 Å². The van der Waals surface area contributed by atoms with E-state index in [1.54, 1.807) is 0 Å². The number of sulfonamides is 1. The van der Waals surface area contributed by atoms with Crippen LogP contribution in [0.15, 0.2) is 33.7 Å². The number of benzene rings is 1. The van der Waals surface area contributed by atoms with Gasteiger partial charge in [0, 0.05) is 13.0 Å². The highest BCUT2D eigenvalue weighted by molar-refractivity contribution is 7.89. The molecule has 1 atom stereocenters. The Morgan fingerprint density at radius 1 is 1.34 bits per heavy atom. The summed E-state index contributed by atoms with van der Waals surface area (Å²) in [7, 11) is -2.54. The van der Waals surface area contributed by atoms with Crippen molar-refractivity contribution in [1.82, 2.24) is 19.8 Å². The standard InChI is InChI=1S/C19H23N5O4S/c1-12(2)17(19-22-18(23-28-19)14-6-7-14)21-16(25)11-24(3)29(26,27)15-8-4-13(10-20)5-9-15/h4-5,8-9,12,14,17H,6-7,11H2,1-3H3,(H,21,25). The molecule has 1 amide bonds. The molecular weight excluding hydrogens is 394 g/mol. The third-order valence-electron chi connectivity index (χ3n) is 4.71. The molecule has 1 aromatic carbocycles. The molecule has 0 spiro atoms. The van der Waals surface area contributed by atoms with Crippen molar-refractivity contribution in [1.29, 1.82) is 5.26 Å². The molecule has 0 radical (unpaired) electrons. The largest absolute Gasteiger partial charge is 0.343 e. The summed E-state index contributed by atoms with van der Waals surface area (Å²) in [6.07, 6.45) is 2.07. The Hall–Kier alpha value is -2.77. The smallest absolute Gasteiger partial charge is 0.249 e. The molecule has 9 nitrogen and oxygen atoms in total. The molecule has 1 aliphatic rings. The number of amides is 1. The third kappa shape index (κ3) is 4.81. The molecule has 0 saturated heterocycles. The predicted octanol–water partition coefficient (Wildman–Crippen LogP) is 1.95. The van der Waals surface area contributed by atoms with Gasteiger partial charge in [0.15, 0.2) is 5.82 Å². The number of likely N-dealkylation sites (N-methyl/N-ethyl adjacent to an activating group) is 1. The lowest BCUT2D eigenvalue weighted by molar-refractivity contribution is -0.122. The first-order chi connectivity index (χ1) is 13.7. The topological polar surface area (TPSA) is 129 Å². The van der Waals surface area contributed by atoms with E-state index >= 15 is 0 Å². The lowest BCUT2D eigenvalue weighted by Gasteiger charge is -2.21. The van der Waals surface area contributed by atoms with Gasteiger partial charge in [-0.1, -0.05) is 19.0 Å². The Labute approximate surface area is 169 Å². The van der Waals surface area contributed by atoms with Gasteiger partial charge in [0.05, 0.1) is 23.1 Å². The number of hydrogen-bond donors (Lipinski definition) is 1. The Morgan fingerprint density at radius 3 is 2.55 bits per heavy atom. The molecule has 154 valence electrons. The first-order valence-corrected chi connectivity index (χ1v) is 10.8. The minimum Gasteiger partial charge on any atom is -0.343 e. The van der Waals surface area contributed by atoms with E-state index in [2.05, 4.69) is 15.5 Å². The van der Waals surface area contributed by atoms with E-state index in [9.17, 15) is 13.2 Å². The minimum absolute atomic E-state index is 0.0122. The van der Waals surface area contributed by atoms with Crippen LogP contribution in [0.4, 0.5) is 0 Å². The fourth-order valence-electron chi connectivity index (χ4n) is 2.78. The average Bonchev–Trinajstić information content (AvgIpc) is 3.43. The number of nitrogens with zero attached hydrogens (tertiary/aromatic N) is 4. The van der Waals surface area contributed by atoms with Crippen LogP contribution in [0.1, 0.15) is 55.9 Å². The SMILES string of the molecule is CC(C)C(NC(=O)CN(C)S(=O)(=O)c1ccc(C#N)cc1)c1nc(C2CC2)no1. The van der Waals surface area contributed by atoms with Crippen LogP contribution in [-0.2, 0) is 14.8 Å². The van der Waals surface area contributed by atoms with Gasteiger partial charge in [-0.05, 0) is 43.0 Å². The third-order valence-corrected chi connectivity index (χ3v) is 6.52. The summed E-state index contributed by atoms with van der Waals surface area (Å²) in [5.41, 5.74) is 0.356. The van der Waals surface area contributed by atoms with Gasteiger partial charge >= 0.3 is 0 Å². The van der Waals surface area contributed by atoms with E-state index in [0.29, 0.717) is 23.2 Å². The molecule has 3 rings (SSSR count). The first-order valence-electron chi connectivity index (χ1n) is 9.31. The van der Waals surface area contributed by atoms with E-state index in [0.717, 1.165) is 17.1 Å². The van der Waals surface area contributed by atoms with E-state index in [1.165, 1.54) is 31.3 Å². The molecule has 1 aromatic heterocycles. The van der Waals surface area contributed by atoms with Crippen LogP contribution in [0.2, 0.25) is 0 Å². The van der Waals surface area contributed by atoms with Gasteiger partial charge in [0.2, 0.25) is 21.8 Å². The fourth-order valence-corrected chi connectivity index (χ4v) is 3.91. The number of hydrogen-bond acceptors (Lipinski definition) is 7. The predicted molar refractivity (Wildman–Crippen MR) is 103 cm³/mol. The molecule has 1 N–H and O–H groups in total. The zero-order valence-electron chi connectivity index (χ0n) is 16.5. The second-order valence-corrected chi connectivity index (χ2v) is 9.50. The zero-order valence-corrected chi connectivity index (χ0v) is 17.3. The van der Waals surface area contributed by atoms with Gasteiger partial charge < -0.3 is 9.84 Å². The summed E-state index contributed by atoms with van der Waals surface area (Å²) < 4.78 is 31.6. The highest BCUT2D eigenvalue weighted by Crippen LogP contribution is 2.38. The quantitative estimate of drug-likeness (QED) is 0.695. The minimum atomic E-state index is -3.87. The van der Waals surface area contributed by atoms with Gasteiger partial charge in [0.1, 0.15) is 6.04 Å². The van der Waals surface area contributed by atoms with Crippen LogP contribution in [0.3, 0.4) is 0 Å². The maximum atomic E-state index is 12.7. The molecule has 2 aromatic rings. The first kappa shape index (κ1) is 21.0. The molecule has 0 bridgehead atoms.